The average molecular weight is 284 g/mol. The molecule has 0 saturated carbocycles. The molecule has 0 aliphatic rings. The number of unbranched alkanes of at least 4 members (excludes halogenated alkanes) is 1. The maximum absolute atomic E-state index is 5.92. The first-order valence-electron chi connectivity index (χ1n) is 7.33. The van der Waals surface area contributed by atoms with Gasteiger partial charge in [-0.15, -0.1) is 0 Å². The van der Waals surface area contributed by atoms with Gasteiger partial charge in [-0.2, -0.15) is 0 Å². The highest BCUT2D eigenvalue weighted by molar-refractivity contribution is 6.30. The van der Waals surface area contributed by atoms with Gasteiger partial charge in [-0.3, -0.25) is 0 Å². The Hall–Kier alpha value is -0.730. The molecule has 0 saturated heterocycles. The molecule has 0 radical (unpaired) electrons. The van der Waals surface area contributed by atoms with Crippen molar-refractivity contribution in [1.29, 1.82) is 0 Å². The number of benzene rings is 1. The minimum absolute atomic E-state index is 0.714. The van der Waals surface area contributed by atoms with E-state index in [0.717, 1.165) is 30.5 Å². The zero-order valence-corrected chi connectivity index (χ0v) is 12.9. The highest BCUT2D eigenvalue weighted by atomic mass is 35.5. The van der Waals surface area contributed by atoms with Crippen molar-refractivity contribution in [2.24, 2.45) is 5.92 Å². The Bertz CT molecular complexity index is 343. The second kappa shape index (κ2) is 10.1. The minimum Gasteiger partial charge on any atom is -0.383 e. The number of rotatable bonds is 10. The van der Waals surface area contributed by atoms with Crippen molar-refractivity contribution in [2.75, 3.05) is 25.1 Å². The third-order valence-electron chi connectivity index (χ3n) is 3.30. The van der Waals surface area contributed by atoms with E-state index in [0.29, 0.717) is 5.92 Å². The van der Waals surface area contributed by atoms with Crippen LogP contribution in [0.3, 0.4) is 0 Å². The molecule has 0 spiro atoms. The van der Waals surface area contributed by atoms with Gasteiger partial charge in [0.2, 0.25) is 0 Å². The van der Waals surface area contributed by atoms with Gasteiger partial charge in [0.25, 0.3) is 0 Å². The summed E-state index contributed by atoms with van der Waals surface area (Å²) in [6.45, 7) is 6.93. The lowest BCUT2D eigenvalue weighted by Gasteiger charge is -2.15. The zero-order chi connectivity index (χ0) is 13.9. The summed E-state index contributed by atoms with van der Waals surface area (Å²) < 4.78 is 5.74. The predicted octanol–water partition coefficient (Wildman–Crippen LogP) is 4.98. The molecule has 0 aromatic heterocycles. The quantitative estimate of drug-likeness (QED) is 0.611. The van der Waals surface area contributed by atoms with Crippen molar-refractivity contribution in [3.8, 4) is 0 Å². The minimum atomic E-state index is 0.714. The summed E-state index contributed by atoms with van der Waals surface area (Å²) in [4.78, 5) is 0. The molecule has 19 heavy (non-hydrogen) atoms. The number of hydrogen-bond donors (Lipinski definition) is 1. The molecule has 1 aromatic carbocycles. The second-order valence-electron chi connectivity index (χ2n) is 4.93. The molecule has 3 heteroatoms. The Kier molecular flexibility index (Phi) is 8.68. The molecule has 0 amide bonds. The normalized spacial score (nSPS) is 12.4. The Balaban J connectivity index is 2.10. The summed E-state index contributed by atoms with van der Waals surface area (Å²) in [7, 11) is 0. The van der Waals surface area contributed by atoms with E-state index in [2.05, 4.69) is 19.2 Å². The first-order chi connectivity index (χ1) is 9.26. The number of halogens is 1. The van der Waals surface area contributed by atoms with Crippen LogP contribution >= 0.6 is 11.6 Å². The molecule has 1 unspecified atom stereocenters. The molecule has 0 heterocycles. The molecular formula is C16H26ClNO. The van der Waals surface area contributed by atoms with Crippen LogP contribution in [0.1, 0.15) is 39.5 Å². The van der Waals surface area contributed by atoms with Gasteiger partial charge in [0.05, 0.1) is 6.61 Å². The van der Waals surface area contributed by atoms with Gasteiger partial charge in [-0.05, 0) is 30.5 Å². The topological polar surface area (TPSA) is 21.3 Å². The van der Waals surface area contributed by atoms with Gasteiger partial charge in [-0.25, -0.2) is 0 Å². The monoisotopic (exact) mass is 283 g/mol. The van der Waals surface area contributed by atoms with Gasteiger partial charge in [-0.1, -0.05) is 50.8 Å². The molecule has 0 aliphatic carbocycles. The summed E-state index contributed by atoms with van der Waals surface area (Å²) in [6, 6.07) is 7.77. The number of hydrogen-bond acceptors (Lipinski definition) is 2. The Morgan fingerprint density at radius 1 is 1.32 bits per heavy atom. The van der Waals surface area contributed by atoms with Crippen molar-refractivity contribution in [1.82, 2.24) is 0 Å². The van der Waals surface area contributed by atoms with Gasteiger partial charge in [0, 0.05) is 23.9 Å². The molecule has 0 aliphatic heterocycles. The van der Waals surface area contributed by atoms with Crippen molar-refractivity contribution >= 4 is 17.3 Å². The molecule has 1 N–H and O–H groups in total. The van der Waals surface area contributed by atoms with Crippen LogP contribution < -0.4 is 5.32 Å². The van der Waals surface area contributed by atoms with Gasteiger partial charge >= 0.3 is 0 Å². The molecule has 108 valence electrons. The number of anilines is 1. The SMILES string of the molecule is CCCCC(CC)COCCNc1cccc(Cl)c1. The van der Waals surface area contributed by atoms with E-state index in [1.165, 1.54) is 25.7 Å². The maximum Gasteiger partial charge on any atom is 0.0639 e. The van der Waals surface area contributed by atoms with Gasteiger partial charge in [0.1, 0.15) is 0 Å². The molecule has 1 atom stereocenters. The van der Waals surface area contributed by atoms with Gasteiger partial charge in [0.15, 0.2) is 0 Å². The van der Waals surface area contributed by atoms with Crippen LogP contribution in [0.25, 0.3) is 0 Å². The van der Waals surface area contributed by atoms with Crippen LogP contribution in [-0.4, -0.2) is 19.8 Å². The fourth-order valence-corrected chi connectivity index (χ4v) is 2.20. The molecule has 0 bridgehead atoms. The lowest BCUT2D eigenvalue weighted by atomic mass is 10.0. The lowest BCUT2D eigenvalue weighted by Crippen LogP contribution is -2.14. The van der Waals surface area contributed by atoms with E-state index in [9.17, 15) is 0 Å². The summed E-state index contributed by atoms with van der Waals surface area (Å²) in [6.07, 6.45) is 5.08. The third-order valence-corrected chi connectivity index (χ3v) is 3.53. The molecule has 1 aromatic rings. The van der Waals surface area contributed by atoms with Crippen LogP contribution in [0.5, 0.6) is 0 Å². The summed E-state index contributed by atoms with van der Waals surface area (Å²) >= 11 is 5.92. The smallest absolute Gasteiger partial charge is 0.0639 e. The van der Waals surface area contributed by atoms with Crippen LogP contribution in [-0.2, 0) is 4.74 Å². The van der Waals surface area contributed by atoms with Gasteiger partial charge < -0.3 is 10.1 Å². The third kappa shape index (κ3) is 7.44. The van der Waals surface area contributed by atoms with E-state index in [1.807, 2.05) is 24.3 Å². The second-order valence-corrected chi connectivity index (χ2v) is 5.36. The molecule has 2 nitrogen and oxygen atoms in total. The first kappa shape index (κ1) is 16.3. The predicted molar refractivity (Wildman–Crippen MR) is 84.1 cm³/mol. The largest absolute Gasteiger partial charge is 0.383 e. The van der Waals surface area contributed by atoms with Crippen molar-refractivity contribution in [2.45, 2.75) is 39.5 Å². The van der Waals surface area contributed by atoms with Crippen LogP contribution in [0, 0.1) is 5.92 Å². The van der Waals surface area contributed by atoms with Crippen molar-refractivity contribution in [3.63, 3.8) is 0 Å². The summed E-state index contributed by atoms with van der Waals surface area (Å²) in [5.41, 5.74) is 1.05. The van der Waals surface area contributed by atoms with Crippen LogP contribution in [0.4, 0.5) is 5.69 Å². The number of ether oxygens (including phenoxy) is 1. The fraction of sp³-hybridized carbons (Fsp3) is 0.625. The summed E-state index contributed by atoms with van der Waals surface area (Å²) in [5.74, 6) is 0.714. The fourth-order valence-electron chi connectivity index (χ4n) is 2.01. The van der Waals surface area contributed by atoms with Crippen molar-refractivity contribution < 1.29 is 4.74 Å². The van der Waals surface area contributed by atoms with E-state index in [-0.39, 0.29) is 0 Å². The Labute approximate surface area is 122 Å². The Morgan fingerprint density at radius 3 is 2.84 bits per heavy atom. The standard InChI is InChI=1S/C16H26ClNO/c1-3-5-7-14(4-2)13-19-11-10-18-16-9-6-8-15(17)12-16/h6,8-9,12,14,18H,3-5,7,10-11,13H2,1-2H3. The average Bonchev–Trinajstić information content (AvgIpc) is 2.42. The Morgan fingerprint density at radius 2 is 2.16 bits per heavy atom. The van der Waals surface area contributed by atoms with E-state index in [1.54, 1.807) is 0 Å². The van der Waals surface area contributed by atoms with E-state index in [4.69, 9.17) is 16.3 Å². The first-order valence-corrected chi connectivity index (χ1v) is 7.71. The van der Waals surface area contributed by atoms with E-state index >= 15 is 0 Å². The van der Waals surface area contributed by atoms with Crippen LogP contribution in [0.2, 0.25) is 5.02 Å². The zero-order valence-electron chi connectivity index (χ0n) is 12.1. The highest BCUT2D eigenvalue weighted by Crippen LogP contribution is 2.15. The molecule has 0 fully saturated rings. The lowest BCUT2D eigenvalue weighted by molar-refractivity contribution is 0.102. The summed E-state index contributed by atoms with van der Waals surface area (Å²) in [5, 5.41) is 4.07. The molecule has 1 rings (SSSR count). The van der Waals surface area contributed by atoms with Crippen LogP contribution in [0.15, 0.2) is 24.3 Å². The molecular weight excluding hydrogens is 258 g/mol. The van der Waals surface area contributed by atoms with Crippen molar-refractivity contribution in [3.05, 3.63) is 29.3 Å². The maximum atomic E-state index is 5.92. The van der Waals surface area contributed by atoms with E-state index < -0.39 is 0 Å². The highest BCUT2D eigenvalue weighted by Gasteiger charge is 2.05. The number of nitrogens with one attached hydrogen (secondary N) is 1.